The average Bonchev–Trinajstić information content (AvgIpc) is 3.11. The lowest BCUT2D eigenvalue weighted by molar-refractivity contribution is -0.140. The van der Waals surface area contributed by atoms with E-state index in [9.17, 15) is 19.8 Å². The molecule has 1 aliphatic heterocycles. The third kappa shape index (κ3) is 5.27. The van der Waals surface area contributed by atoms with Gasteiger partial charge in [0, 0.05) is 13.1 Å². The summed E-state index contributed by atoms with van der Waals surface area (Å²) in [6, 6.07) is 9.10. The summed E-state index contributed by atoms with van der Waals surface area (Å²) in [6.45, 7) is 10.7. The topological polar surface area (TPSA) is 99.5 Å². The van der Waals surface area contributed by atoms with Crippen LogP contribution in [0.25, 0.3) is 5.76 Å². The van der Waals surface area contributed by atoms with Crippen molar-refractivity contribution in [2.75, 3.05) is 39.9 Å². The molecule has 0 aliphatic carbocycles. The van der Waals surface area contributed by atoms with Crippen LogP contribution < -0.4 is 9.47 Å². The maximum atomic E-state index is 13.3. The summed E-state index contributed by atoms with van der Waals surface area (Å²) in [4.78, 5) is 30.1. The molecule has 8 heteroatoms. The van der Waals surface area contributed by atoms with Crippen LogP contribution in [-0.2, 0) is 9.59 Å². The summed E-state index contributed by atoms with van der Waals surface area (Å²) in [7, 11) is 1.52. The monoisotopic (exact) mass is 482 g/mol. The number of nitrogens with zero attached hydrogens (tertiary/aromatic N) is 2. The Labute approximate surface area is 206 Å². The van der Waals surface area contributed by atoms with Crippen molar-refractivity contribution < 1.29 is 29.3 Å². The Balaban J connectivity index is 2.19. The minimum atomic E-state index is -0.852. The van der Waals surface area contributed by atoms with E-state index in [0.29, 0.717) is 36.8 Å². The minimum absolute atomic E-state index is 0.0679. The average molecular weight is 483 g/mol. The van der Waals surface area contributed by atoms with E-state index in [4.69, 9.17) is 9.47 Å². The summed E-state index contributed by atoms with van der Waals surface area (Å²) < 4.78 is 11.1. The fourth-order valence-electron chi connectivity index (χ4n) is 4.36. The number of aliphatic hydroxyl groups is 1. The van der Waals surface area contributed by atoms with Gasteiger partial charge in [-0.25, -0.2) is 0 Å². The van der Waals surface area contributed by atoms with Crippen LogP contribution in [0.4, 0.5) is 0 Å². The summed E-state index contributed by atoms with van der Waals surface area (Å²) >= 11 is 0. The molecule has 0 saturated carbocycles. The lowest BCUT2D eigenvalue weighted by atomic mass is 9.94. The van der Waals surface area contributed by atoms with E-state index >= 15 is 0 Å². The summed E-state index contributed by atoms with van der Waals surface area (Å²) in [5.74, 6) is -1.07. The zero-order valence-corrected chi connectivity index (χ0v) is 21.0. The number of benzene rings is 2. The number of Topliss-reactive ketones (excluding diaryl/α,β-unsaturated/α-hetero) is 1. The molecule has 0 radical (unpaired) electrons. The first-order valence-corrected chi connectivity index (χ1v) is 11.9. The Hall–Kier alpha value is -3.52. The van der Waals surface area contributed by atoms with Crippen molar-refractivity contribution in [1.29, 1.82) is 0 Å². The molecule has 35 heavy (non-hydrogen) atoms. The molecule has 3 rings (SSSR count). The molecule has 1 aliphatic rings. The van der Waals surface area contributed by atoms with Crippen molar-refractivity contribution in [3.05, 3.63) is 58.7 Å². The quantitative estimate of drug-likeness (QED) is 0.301. The predicted octanol–water partition coefficient (Wildman–Crippen LogP) is 3.87. The number of aryl methyl sites for hydroxylation is 1. The second-order valence-corrected chi connectivity index (χ2v) is 8.38. The first-order chi connectivity index (χ1) is 16.8. The lowest BCUT2D eigenvalue weighted by Gasteiger charge is -2.28. The smallest absolute Gasteiger partial charge is 0.295 e. The molecule has 2 aromatic rings. The highest BCUT2D eigenvalue weighted by Crippen LogP contribution is 2.43. The highest BCUT2D eigenvalue weighted by Gasteiger charge is 2.46. The Morgan fingerprint density at radius 3 is 2.40 bits per heavy atom. The third-order valence-electron chi connectivity index (χ3n) is 6.30. The Morgan fingerprint density at radius 2 is 1.77 bits per heavy atom. The molecule has 1 saturated heterocycles. The van der Waals surface area contributed by atoms with Gasteiger partial charge in [0.2, 0.25) is 0 Å². The van der Waals surface area contributed by atoms with Gasteiger partial charge in [0.1, 0.15) is 11.5 Å². The van der Waals surface area contributed by atoms with E-state index in [1.165, 1.54) is 18.1 Å². The van der Waals surface area contributed by atoms with Gasteiger partial charge in [-0.3, -0.25) is 9.59 Å². The normalized spacial score (nSPS) is 17.3. The maximum Gasteiger partial charge on any atom is 0.295 e. The molecule has 0 aromatic heterocycles. The molecule has 8 nitrogen and oxygen atoms in total. The molecule has 188 valence electrons. The van der Waals surface area contributed by atoms with Gasteiger partial charge in [0.15, 0.2) is 11.5 Å². The molecule has 1 atom stereocenters. The number of phenolic OH excluding ortho intramolecular Hbond substituents is 1. The van der Waals surface area contributed by atoms with Crippen molar-refractivity contribution in [1.82, 2.24) is 9.80 Å². The van der Waals surface area contributed by atoms with Gasteiger partial charge in [0.25, 0.3) is 11.7 Å². The number of rotatable bonds is 10. The maximum absolute atomic E-state index is 13.3. The van der Waals surface area contributed by atoms with Gasteiger partial charge in [-0.1, -0.05) is 31.5 Å². The number of aliphatic hydroxyl groups excluding tert-OH is 1. The lowest BCUT2D eigenvalue weighted by Crippen LogP contribution is -2.38. The van der Waals surface area contributed by atoms with Crippen molar-refractivity contribution in [2.24, 2.45) is 0 Å². The molecule has 2 aromatic carbocycles. The molecule has 1 fully saturated rings. The van der Waals surface area contributed by atoms with Crippen LogP contribution in [-0.4, -0.2) is 71.6 Å². The number of ether oxygens (including phenoxy) is 2. The van der Waals surface area contributed by atoms with Gasteiger partial charge in [-0.2, -0.15) is 0 Å². The number of carbonyl (C=O) groups is 2. The number of carbonyl (C=O) groups excluding carboxylic acids is 2. The molecule has 0 bridgehead atoms. The van der Waals surface area contributed by atoms with Crippen LogP contribution in [0.3, 0.4) is 0 Å². The number of methoxy groups -OCH3 is 1. The Morgan fingerprint density at radius 1 is 1.06 bits per heavy atom. The first kappa shape index (κ1) is 26.1. The molecular weight excluding hydrogens is 448 g/mol. The molecule has 0 spiro atoms. The van der Waals surface area contributed by atoms with Gasteiger partial charge >= 0.3 is 0 Å². The Kier molecular flexibility index (Phi) is 8.40. The molecule has 1 amide bonds. The van der Waals surface area contributed by atoms with Crippen molar-refractivity contribution in [3.63, 3.8) is 0 Å². The summed E-state index contributed by atoms with van der Waals surface area (Å²) in [6.07, 6.45) is 0. The standard InChI is InChI=1S/C27H34N2O6/c1-6-28(7-2)13-14-29-24(18-10-12-21(35-8-3)22(16-18)34-5)23(26(32)27(29)33)25(31)19-15-17(4)9-11-20(19)30/h9-12,15-16,24,30-31H,6-8,13-14H2,1-5H3/t24-/m0/s1. The molecule has 0 unspecified atom stereocenters. The fraction of sp³-hybridized carbons (Fsp3) is 0.407. The molecule has 2 N–H and O–H groups in total. The minimum Gasteiger partial charge on any atom is -0.507 e. The third-order valence-corrected chi connectivity index (χ3v) is 6.30. The highest BCUT2D eigenvalue weighted by atomic mass is 16.5. The van der Waals surface area contributed by atoms with Crippen LogP contribution in [0.15, 0.2) is 42.0 Å². The van der Waals surface area contributed by atoms with Crippen LogP contribution in [0.1, 0.15) is 43.5 Å². The number of phenols is 1. The number of likely N-dealkylation sites (tertiary alicyclic amines) is 1. The number of amides is 1. The highest BCUT2D eigenvalue weighted by molar-refractivity contribution is 6.46. The Bertz CT molecular complexity index is 1120. The fourth-order valence-corrected chi connectivity index (χ4v) is 4.36. The zero-order valence-electron chi connectivity index (χ0n) is 21.0. The van der Waals surface area contributed by atoms with E-state index in [0.717, 1.165) is 18.7 Å². The molecule has 1 heterocycles. The van der Waals surface area contributed by atoms with Crippen molar-refractivity contribution >= 4 is 17.4 Å². The van der Waals surface area contributed by atoms with Crippen LogP contribution >= 0.6 is 0 Å². The van der Waals surface area contributed by atoms with Crippen LogP contribution in [0, 0.1) is 6.92 Å². The second-order valence-electron chi connectivity index (χ2n) is 8.38. The number of likely N-dealkylation sites (N-methyl/N-ethyl adjacent to an activating group) is 1. The van der Waals surface area contributed by atoms with Crippen molar-refractivity contribution in [3.8, 4) is 17.2 Å². The van der Waals surface area contributed by atoms with Crippen molar-refractivity contribution in [2.45, 2.75) is 33.7 Å². The van der Waals surface area contributed by atoms with Gasteiger partial charge in [-0.05, 0) is 56.8 Å². The van der Waals surface area contributed by atoms with E-state index in [-0.39, 0.29) is 16.9 Å². The second kappa shape index (κ2) is 11.3. The largest absolute Gasteiger partial charge is 0.507 e. The first-order valence-electron chi connectivity index (χ1n) is 11.9. The van der Waals surface area contributed by atoms with E-state index < -0.39 is 23.5 Å². The van der Waals surface area contributed by atoms with E-state index in [1.807, 2.05) is 27.7 Å². The number of hydrogen-bond acceptors (Lipinski definition) is 7. The summed E-state index contributed by atoms with van der Waals surface area (Å²) in [5.41, 5.74) is 1.42. The van der Waals surface area contributed by atoms with Crippen LogP contribution in [0.5, 0.6) is 17.2 Å². The van der Waals surface area contributed by atoms with E-state index in [2.05, 4.69) is 4.90 Å². The number of ketones is 1. The summed E-state index contributed by atoms with van der Waals surface area (Å²) in [5, 5.41) is 21.7. The van der Waals surface area contributed by atoms with Gasteiger partial charge in [0.05, 0.1) is 30.9 Å². The van der Waals surface area contributed by atoms with E-state index in [1.54, 1.807) is 30.3 Å². The molecular formula is C27H34N2O6. The van der Waals surface area contributed by atoms with Gasteiger partial charge in [-0.15, -0.1) is 0 Å². The zero-order chi connectivity index (χ0) is 25.7. The van der Waals surface area contributed by atoms with Gasteiger partial charge < -0.3 is 29.5 Å². The predicted molar refractivity (Wildman–Crippen MR) is 134 cm³/mol. The van der Waals surface area contributed by atoms with Crippen LogP contribution in [0.2, 0.25) is 0 Å². The number of hydrogen-bond donors (Lipinski definition) is 2. The number of aromatic hydroxyl groups is 1. The SMILES string of the molecule is CCOc1ccc([C@H]2C(=C(O)c3cc(C)ccc3O)C(=O)C(=O)N2CCN(CC)CC)cc1OC.